The second-order valence-electron chi connectivity index (χ2n) is 4.43. The van der Waals surface area contributed by atoms with Crippen molar-refractivity contribution in [3.63, 3.8) is 0 Å². The first-order valence-corrected chi connectivity index (χ1v) is 6.58. The highest BCUT2D eigenvalue weighted by atomic mass is 35.5. The van der Waals surface area contributed by atoms with Gasteiger partial charge in [-0.25, -0.2) is 4.39 Å². The molecule has 0 amide bonds. The molecule has 0 bridgehead atoms. The molecule has 0 saturated heterocycles. The maximum absolute atomic E-state index is 13.6. The summed E-state index contributed by atoms with van der Waals surface area (Å²) in [6.07, 6.45) is 0. The van der Waals surface area contributed by atoms with E-state index in [0.29, 0.717) is 22.2 Å². The number of benzene rings is 1. The molecule has 0 spiro atoms. The van der Waals surface area contributed by atoms with Gasteiger partial charge in [0, 0.05) is 11.1 Å². The molecule has 7 heteroatoms. The van der Waals surface area contributed by atoms with Crippen LogP contribution < -0.4 is 0 Å². The molecule has 2 aromatic heterocycles. The fraction of sp³-hybridized carbons (Fsp3) is 0.154. The minimum Gasteiger partial charge on any atom is -0.205 e. The number of fused-ring (bicyclic) bond motifs is 1. The topological polar surface area (TPSA) is 43.1 Å². The van der Waals surface area contributed by atoms with E-state index in [2.05, 4.69) is 15.3 Å². The van der Waals surface area contributed by atoms with Gasteiger partial charge in [0.2, 0.25) is 0 Å². The number of hydrogen-bond donors (Lipinski definition) is 0. The molecule has 4 nitrogen and oxygen atoms in total. The quantitative estimate of drug-likeness (QED) is 0.685. The number of aromatic nitrogens is 4. The molecule has 0 saturated carbocycles. The number of aryl methyl sites for hydroxylation is 1. The van der Waals surface area contributed by atoms with E-state index in [1.165, 1.54) is 16.6 Å². The van der Waals surface area contributed by atoms with Crippen LogP contribution in [-0.4, -0.2) is 19.8 Å². The first kappa shape index (κ1) is 13.3. The van der Waals surface area contributed by atoms with Crippen molar-refractivity contribution >= 4 is 28.8 Å². The molecule has 0 unspecified atom stereocenters. The molecule has 20 heavy (non-hydrogen) atoms. The average Bonchev–Trinajstić information content (AvgIpc) is 2.83. The zero-order valence-corrected chi connectivity index (χ0v) is 12.2. The van der Waals surface area contributed by atoms with Crippen molar-refractivity contribution in [1.29, 1.82) is 0 Å². The van der Waals surface area contributed by atoms with Crippen LogP contribution in [0.2, 0.25) is 10.2 Å². The number of hydrogen-bond acceptors (Lipinski definition) is 3. The third-order valence-corrected chi connectivity index (χ3v) is 3.88. The SMILES string of the molecule is Cc1c(Cl)nn2c(-c3ccc(Cl)c(F)c3)nnc2c1C. The van der Waals surface area contributed by atoms with Gasteiger partial charge in [0.15, 0.2) is 16.6 Å². The highest BCUT2D eigenvalue weighted by Gasteiger charge is 2.15. The van der Waals surface area contributed by atoms with Crippen molar-refractivity contribution in [2.45, 2.75) is 13.8 Å². The van der Waals surface area contributed by atoms with E-state index in [9.17, 15) is 4.39 Å². The molecule has 0 aliphatic heterocycles. The standard InChI is InChI=1S/C13H9Cl2FN4/c1-6-7(2)12-17-18-13(20(12)19-11(6)15)8-3-4-9(14)10(16)5-8/h3-5H,1-2H3. The van der Waals surface area contributed by atoms with E-state index in [1.54, 1.807) is 6.07 Å². The average molecular weight is 311 g/mol. The summed E-state index contributed by atoms with van der Waals surface area (Å²) < 4.78 is 15.1. The van der Waals surface area contributed by atoms with E-state index in [4.69, 9.17) is 23.2 Å². The molecular formula is C13H9Cl2FN4. The molecule has 102 valence electrons. The highest BCUT2D eigenvalue weighted by molar-refractivity contribution is 6.30. The molecular weight excluding hydrogens is 302 g/mol. The lowest BCUT2D eigenvalue weighted by atomic mass is 10.2. The van der Waals surface area contributed by atoms with Crippen LogP contribution in [0, 0.1) is 19.7 Å². The van der Waals surface area contributed by atoms with E-state index in [1.807, 2.05) is 13.8 Å². The van der Waals surface area contributed by atoms with Crippen molar-refractivity contribution in [3.05, 3.63) is 45.3 Å². The smallest absolute Gasteiger partial charge is 0.185 e. The largest absolute Gasteiger partial charge is 0.205 e. The Labute approximate surface area is 124 Å². The Kier molecular flexibility index (Phi) is 3.11. The van der Waals surface area contributed by atoms with Crippen LogP contribution in [0.4, 0.5) is 4.39 Å². The zero-order valence-electron chi connectivity index (χ0n) is 10.7. The maximum atomic E-state index is 13.6. The third kappa shape index (κ3) is 1.94. The Bertz CT molecular complexity index is 829. The molecule has 1 aromatic carbocycles. The molecule has 0 aliphatic rings. The van der Waals surface area contributed by atoms with Gasteiger partial charge in [-0.3, -0.25) is 0 Å². The normalized spacial score (nSPS) is 11.2. The van der Waals surface area contributed by atoms with Crippen LogP contribution in [0.1, 0.15) is 11.1 Å². The Hall–Kier alpha value is -1.72. The zero-order chi connectivity index (χ0) is 14.4. The maximum Gasteiger partial charge on any atom is 0.185 e. The van der Waals surface area contributed by atoms with Gasteiger partial charge in [0.1, 0.15) is 5.82 Å². The summed E-state index contributed by atoms with van der Waals surface area (Å²) >= 11 is 11.8. The Morgan fingerprint density at radius 1 is 1.10 bits per heavy atom. The fourth-order valence-electron chi connectivity index (χ4n) is 1.91. The lowest BCUT2D eigenvalue weighted by Crippen LogP contribution is -2.00. The van der Waals surface area contributed by atoms with Crippen molar-refractivity contribution < 1.29 is 4.39 Å². The second-order valence-corrected chi connectivity index (χ2v) is 5.19. The van der Waals surface area contributed by atoms with Crippen LogP contribution in [0.25, 0.3) is 17.0 Å². The fourth-order valence-corrected chi connectivity index (χ4v) is 2.24. The summed E-state index contributed by atoms with van der Waals surface area (Å²) in [5.41, 5.74) is 2.86. The van der Waals surface area contributed by atoms with Gasteiger partial charge in [-0.15, -0.1) is 10.2 Å². The van der Waals surface area contributed by atoms with Crippen LogP contribution in [0.5, 0.6) is 0 Å². The van der Waals surface area contributed by atoms with Gasteiger partial charge >= 0.3 is 0 Å². The van der Waals surface area contributed by atoms with Gasteiger partial charge in [-0.1, -0.05) is 23.2 Å². The molecule has 0 atom stereocenters. The number of halogens is 3. The van der Waals surface area contributed by atoms with Gasteiger partial charge in [0.25, 0.3) is 0 Å². The van der Waals surface area contributed by atoms with Crippen LogP contribution in [0.15, 0.2) is 18.2 Å². The summed E-state index contributed by atoms with van der Waals surface area (Å²) in [4.78, 5) is 0. The summed E-state index contributed by atoms with van der Waals surface area (Å²) in [6.45, 7) is 3.75. The molecule has 0 radical (unpaired) electrons. The van der Waals surface area contributed by atoms with E-state index in [-0.39, 0.29) is 5.02 Å². The predicted molar refractivity (Wildman–Crippen MR) is 75.7 cm³/mol. The molecule has 3 rings (SSSR count). The van der Waals surface area contributed by atoms with Crippen molar-refractivity contribution in [2.75, 3.05) is 0 Å². The molecule has 2 heterocycles. The summed E-state index contributed by atoms with van der Waals surface area (Å²) in [5.74, 6) is -0.101. The minimum atomic E-state index is -0.518. The third-order valence-electron chi connectivity index (χ3n) is 3.21. The van der Waals surface area contributed by atoms with E-state index < -0.39 is 5.82 Å². The number of rotatable bonds is 1. The van der Waals surface area contributed by atoms with Crippen molar-refractivity contribution in [2.24, 2.45) is 0 Å². The minimum absolute atomic E-state index is 0.0561. The summed E-state index contributed by atoms with van der Waals surface area (Å²) in [7, 11) is 0. The lowest BCUT2D eigenvalue weighted by Gasteiger charge is -2.05. The second kappa shape index (κ2) is 4.68. The van der Waals surface area contributed by atoms with Crippen LogP contribution in [-0.2, 0) is 0 Å². The molecule has 0 fully saturated rings. The van der Waals surface area contributed by atoms with Crippen LogP contribution in [0.3, 0.4) is 0 Å². The van der Waals surface area contributed by atoms with Crippen molar-refractivity contribution in [3.8, 4) is 11.4 Å². The lowest BCUT2D eigenvalue weighted by molar-refractivity contribution is 0.628. The highest BCUT2D eigenvalue weighted by Crippen LogP contribution is 2.26. The predicted octanol–water partition coefficient (Wildman–Crippen LogP) is 3.85. The Morgan fingerprint density at radius 2 is 1.85 bits per heavy atom. The summed E-state index contributed by atoms with van der Waals surface area (Å²) in [6, 6.07) is 4.42. The first-order chi connectivity index (χ1) is 9.49. The van der Waals surface area contributed by atoms with E-state index in [0.717, 1.165) is 11.1 Å². The van der Waals surface area contributed by atoms with Gasteiger partial charge in [-0.2, -0.15) is 9.61 Å². The van der Waals surface area contributed by atoms with Gasteiger partial charge < -0.3 is 0 Å². The van der Waals surface area contributed by atoms with Crippen molar-refractivity contribution in [1.82, 2.24) is 19.8 Å². The molecule has 3 aromatic rings. The van der Waals surface area contributed by atoms with E-state index >= 15 is 0 Å². The van der Waals surface area contributed by atoms with Gasteiger partial charge in [0.05, 0.1) is 5.02 Å². The van der Waals surface area contributed by atoms with Crippen LogP contribution >= 0.6 is 23.2 Å². The Morgan fingerprint density at radius 3 is 2.55 bits per heavy atom. The summed E-state index contributed by atoms with van der Waals surface area (Å²) in [5, 5.41) is 12.8. The number of nitrogens with zero attached hydrogens (tertiary/aromatic N) is 4. The van der Waals surface area contributed by atoms with Gasteiger partial charge in [-0.05, 0) is 37.6 Å². The monoisotopic (exact) mass is 310 g/mol. The Balaban J connectivity index is 2.29. The molecule has 0 N–H and O–H groups in total. The first-order valence-electron chi connectivity index (χ1n) is 5.82. The molecule has 0 aliphatic carbocycles.